The lowest BCUT2D eigenvalue weighted by molar-refractivity contribution is -0.229. The highest BCUT2D eigenvalue weighted by Gasteiger charge is 2.34. The highest BCUT2D eigenvalue weighted by Crippen LogP contribution is 2.28. The molecular weight excluding hydrogens is 302 g/mol. The quantitative estimate of drug-likeness (QED) is 0.687. The third kappa shape index (κ3) is 6.07. The first-order valence-electron chi connectivity index (χ1n) is 8.41. The highest BCUT2D eigenvalue weighted by atomic mass is 19.3. The molecule has 0 spiro atoms. The number of hydrogen-bond acceptors (Lipinski definition) is 3. The molecule has 1 aliphatic rings. The molecule has 0 aromatic heterocycles. The maximum atomic E-state index is 13.9. The smallest absolute Gasteiger partial charge is 0.398 e. The second-order valence-corrected chi connectivity index (χ2v) is 6.03. The number of alkyl halides is 2. The summed E-state index contributed by atoms with van der Waals surface area (Å²) in [5, 5.41) is 0. The molecule has 1 aliphatic heterocycles. The van der Waals surface area contributed by atoms with Crippen LogP contribution < -0.4 is 4.74 Å². The molecule has 0 bridgehead atoms. The Bertz CT molecular complexity index is 454. The molecule has 1 heterocycles. The standard InChI is InChI=1S/C18H26F2O3/c1-3-5-15-12-21-17(22-13-15)10-11-18(19,20)23-16-8-6-14(4-2)7-9-16/h6-9,15,17H,3-5,10-13H2,1-2H3. The Labute approximate surface area is 136 Å². The molecule has 0 atom stereocenters. The van der Waals surface area contributed by atoms with E-state index in [0.717, 1.165) is 24.8 Å². The van der Waals surface area contributed by atoms with Crippen molar-refractivity contribution in [3.8, 4) is 5.75 Å². The van der Waals surface area contributed by atoms with Gasteiger partial charge in [0, 0.05) is 12.3 Å². The van der Waals surface area contributed by atoms with Crippen molar-refractivity contribution in [1.29, 1.82) is 0 Å². The second-order valence-electron chi connectivity index (χ2n) is 6.03. The highest BCUT2D eigenvalue weighted by molar-refractivity contribution is 5.27. The van der Waals surface area contributed by atoms with E-state index < -0.39 is 18.8 Å². The monoisotopic (exact) mass is 328 g/mol. The van der Waals surface area contributed by atoms with Gasteiger partial charge in [-0.3, -0.25) is 0 Å². The fourth-order valence-electron chi connectivity index (χ4n) is 2.63. The number of ether oxygens (including phenoxy) is 3. The van der Waals surface area contributed by atoms with E-state index >= 15 is 0 Å². The van der Waals surface area contributed by atoms with Crippen LogP contribution in [0.15, 0.2) is 24.3 Å². The molecule has 0 amide bonds. The lowest BCUT2D eigenvalue weighted by atomic mass is 10.1. The van der Waals surface area contributed by atoms with E-state index in [9.17, 15) is 8.78 Å². The van der Waals surface area contributed by atoms with Crippen LogP contribution >= 0.6 is 0 Å². The molecule has 0 N–H and O–H groups in total. The summed E-state index contributed by atoms with van der Waals surface area (Å²) in [6.45, 7) is 5.30. The Kier molecular flexibility index (Phi) is 6.78. The van der Waals surface area contributed by atoms with Crippen molar-refractivity contribution >= 4 is 0 Å². The largest absolute Gasteiger partial charge is 0.433 e. The average molecular weight is 328 g/mol. The first kappa shape index (κ1) is 18.1. The molecular formula is C18H26F2O3. The van der Waals surface area contributed by atoms with Crippen molar-refractivity contribution in [3.05, 3.63) is 29.8 Å². The first-order chi connectivity index (χ1) is 11.0. The summed E-state index contributed by atoms with van der Waals surface area (Å²) in [5.74, 6) is 0.561. The lowest BCUT2D eigenvalue weighted by Gasteiger charge is -2.30. The van der Waals surface area contributed by atoms with Crippen molar-refractivity contribution in [3.63, 3.8) is 0 Å². The third-order valence-corrected chi connectivity index (χ3v) is 4.00. The number of aryl methyl sites for hydroxylation is 1. The van der Waals surface area contributed by atoms with Gasteiger partial charge in [0.2, 0.25) is 0 Å². The van der Waals surface area contributed by atoms with Gasteiger partial charge in [0.1, 0.15) is 5.75 Å². The molecule has 23 heavy (non-hydrogen) atoms. The average Bonchev–Trinajstić information content (AvgIpc) is 2.55. The summed E-state index contributed by atoms with van der Waals surface area (Å²) in [6.07, 6.45) is -1.10. The van der Waals surface area contributed by atoms with Gasteiger partial charge in [0.05, 0.1) is 19.6 Å². The summed E-state index contributed by atoms with van der Waals surface area (Å²) >= 11 is 0. The number of hydrogen-bond donors (Lipinski definition) is 0. The lowest BCUT2D eigenvalue weighted by Crippen LogP contribution is -2.34. The summed E-state index contributed by atoms with van der Waals surface area (Å²) in [4.78, 5) is 0. The first-order valence-corrected chi connectivity index (χ1v) is 8.41. The minimum absolute atomic E-state index is 0.124. The predicted molar refractivity (Wildman–Crippen MR) is 84.7 cm³/mol. The topological polar surface area (TPSA) is 27.7 Å². The van der Waals surface area contributed by atoms with E-state index in [2.05, 4.69) is 6.92 Å². The molecule has 5 heteroatoms. The maximum Gasteiger partial charge on any atom is 0.398 e. The van der Waals surface area contributed by atoms with Crippen molar-refractivity contribution in [2.75, 3.05) is 13.2 Å². The van der Waals surface area contributed by atoms with Crippen molar-refractivity contribution in [1.82, 2.24) is 0 Å². The zero-order valence-corrected chi connectivity index (χ0v) is 13.9. The van der Waals surface area contributed by atoms with Gasteiger partial charge < -0.3 is 14.2 Å². The van der Waals surface area contributed by atoms with Crippen molar-refractivity contribution in [2.45, 2.75) is 58.4 Å². The van der Waals surface area contributed by atoms with Gasteiger partial charge in [0.15, 0.2) is 6.29 Å². The summed E-state index contributed by atoms with van der Waals surface area (Å²) in [7, 11) is 0. The number of rotatable bonds is 8. The zero-order chi connectivity index (χ0) is 16.7. The van der Waals surface area contributed by atoms with Crippen LogP contribution in [0.2, 0.25) is 0 Å². The molecule has 0 unspecified atom stereocenters. The van der Waals surface area contributed by atoms with E-state index in [1.807, 2.05) is 6.92 Å². The van der Waals surface area contributed by atoms with Crippen LogP contribution in [-0.2, 0) is 15.9 Å². The molecule has 2 rings (SSSR count). The van der Waals surface area contributed by atoms with E-state index in [1.54, 1.807) is 24.3 Å². The molecule has 1 saturated heterocycles. The van der Waals surface area contributed by atoms with E-state index in [1.165, 1.54) is 0 Å². The predicted octanol–water partition coefficient (Wildman–Crippen LogP) is 4.79. The van der Waals surface area contributed by atoms with E-state index in [4.69, 9.17) is 14.2 Å². The Morgan fingerprint density at radius 1 is 1.09 bits per heavy atom. The van der Waals surface area contributed by atoms with E-state index in [-0.39, 0.29) is 12.2 Å². The molecule has 1 aromatic carbocycles. The summed E-state index contributed by atoms with van der Waals surface area (Å²) in [5.41, 5.74) is 1.09. The normalized spacial score (nSPS) is 22.1. The van der Waals surface area contributed by atoms with Gasteiger partial charge in [0.25, 0.3) is 0 Å². The number of benzene rings is 1. The fourth-order valence-corrected chi connectivity index (χ4v) is 2.63. The van der Waals surface area contributed by atoms with Crippen LogP contribution in [0.25, 0.3) is 0 Å². The molecule has 1 fully saturated rings. The van der Waals surface area contributed by atoms with Crippen molar-refractivity contribution in [2.24, 2.45) is 5.92 Å². The Hall–Kier alpha value is -1.20. The second kappa shape index (κ2) is 8.60. The number of halogens is 2. The van der Waals surface area contributed by atoms with Crippen LogP contribution in [0.5, 0.6) is 5.75 Å². The molecule has 130 valence electrons. The molecule has 3 nitrogen and oxygen atoms in total. The van der Waals surface area contributed by atoms with Gasteiger partial charge in [-0.2, -0.15) is 8.78 Å². The molecule has 0 saturated carbocycles. The van der Waals surface area contributed by atoms with Crippen LogP contribution in [-0.4, -0.2) is 25.6 Å². The van der Waals surface area contributed by atoms with Crippen LogP contribution in [0, 0.1) is 5.92 Å². The third-order valence-electron chi connectivity index (χ3n) is 4.00. The van der Waals surface area contributed by atoms with Gasteiger partial charge in [-0.1, -0.05) is 32.4 Å². The van der Waals surface area contributed by atoms with Gasteiger partial charge >= 0.3 is 6.11 Å². The fraction of sp³-hybridized carbons (Fsp3) is 0.667. The minimum Gasteiger partial charge on any atom is -0.433 e. The Balaban J connectivity index is 1.75. The minimum atomic E-state index is -3.22. The summed E-state index contributed by atoms with van der Waals surface area (Å²) < 4.78 is 43.6. The van der Waals surface area contributed by atoms with Crippen molar-refractivity contribution < 1.29 is 23.0 Å². The maximum absolute atomic E-state index is 13.9. The van der Waals surface area contributed by atoms with Crippen LogP contribution in [0.4, 0.5) is 8.78 Å². The Morgan fingerprint density at radius 2 is 1.74 bits per heavy atom. The SMILES string of the molecule is CCCC1COC(CCC(F)(F)Oc2ccc(CC)cc2)OC1. The molecule has 0 aliphatic carbocycles. The van der Waals surface area contributed by atoms with Gasteiger partial charge in [-0.25, -0.2) is 0 Å². The van der Waals surface area contributed by atoms with Gasteiger partial charge in [-0.15, -0.1) is 0 Å². The summed E-state index contributed by atoms with van der Waals surface area (Å²) in [6, 6.07) is 6.75. The molecule has 0 radical (unpaired) electrons. The zero-order valence-electron chi connectivity index (χ0n) is 13.9. The Morgan fingerprint density at radius 3 is 2.30 bits per heavy atom. The van der Waals surface area contributed by atoms with E-state index in [0.29, 0.717) is 19.1 Å². The van der Waals surface area contributed by atoms with Gasteiger partial charge in [-0.05, 0) is 30.5 Å². The molecule has 1 aromatic rings. The van der Waals surface area contributed by atoms with Crippen LogP contribution in [0.1, 0.15) is 45.1 Å². The van der Waals surface area contributed by atoms with Crippen LogP contribution in [0.3, 0.4) is 0 Å².